The van der Waals surface area contributed by atoms with Crippen LogP contribution in [0.1, 0.15) is 5.56 Å². The molecule has 1 amide bonds. The molecule has 20 heavy (non-hydrogen) atoms. The molecule has 0 saturated carbocycles. The summed E-state index contributed by atoms with van der Waals surface area (Å²) in [6.45, 7) is 0.247. The molecule has 0 aromatic heterocycles. The van der Waals surface area contributed by atoms with E-state index in [1.807, 2.05) is 53.4 Å². The molecule has 1 aliphatic heterocycles. The quantitative estimate of drug-likeness (QED) is 0.831. The fraction of sp³-hybridized carbons (Fsp3) is 0.0667. The first kappa shape index (κ1) is 12.6. The van der Waals surface area contributed by atoms with Crippen molar-refractivity contribution in [3.05, 3.63) is 54.1 Å². The van der Waals surface area contributed by atoms with E-state index in [4.69, 9.17) is 18.0 Å². The lowest BCUT2D eigenvalue weighted by atomic mass is 10.1. The lowest BCUT2D eigenvalue weighted by Gasteiger charge is -2.32. The van der Waals surface area contributed by atoms with Gasteiger partial charge in [-0.15, -0.1) is 0 Å². The molecule has 0 radical (unpaired) electrons. The Morgan fingerprint density at radius 1 is 1.10 bits per heavy atom. The van der Waals surface area contributed by atoms with Gasteiger partial charge in [0.25, 0.3) is 0 Å². The van der Waals surface area contributed by atoms with Crippen LogP contribution >= 0.6 is 12.2 Å². The van der Waals surface area contributed by atoms with Gasteiger partial charge in [-0.1, -0.05) is 36.5 Å². The lowest BCUT2D eigenvalue weighted by Crippen LogP contribution is -2.36. The number of nitrogens with zero attached hydrogens (tertiary/aromatic N) is 1. The first-order valence-electron chi connectivity index (χ1n) is 6.22. The fourth-order valence-corrected chi connectivity index (χ4v) is 2.54. The second-order valence-corrected chi connectivity index (χ2v) is 4.97. The van der Waals surface area contributed by atoms with Gasteiger partial charge in [-0.25, -0.2) is 0 Å². The highest BCUT2D eigenvalue weighted by atomic mass is 32.1. The minimum atomic E-state index is -0.0542. The molecule has 0 saturated heterocycles. The van der Waals surface area contributed by atoms with Crippen LogP contribution in [0.15, 0.2) is 48.5 Å². The third-order valence-corrected chi connectivity index (χ3v) is 3.45. The largest absolute Gasteiger partial charge is 0.389 e. The van der Waals surface area contributed by atoms with Crippen molar-refractivity contribution in [1.82, 2.24) is 0 Å². The average molecular weight is 283 g/mol. The number of hydrogen-bond donors (Lipinski definition) is 2. The van der Waals surface area contributed by atoms with E-state index in [1.165, 1.54) is 0 Å². The molecule has 1 aliphatic rings. The SMILES string of the molecule is NC(=S)c1ccccc1N1CC(=O)Nc2ccccc21. The van der Waals surface area contributed by atoms with Crippen LogP contribution in [0.4, 0.5) is 17.1 Å². The summed E-state index contributed by atoms with van der Waals surface area (Å²) < 4.78 is 0. The molecule has 0 bridgehead atoms. The van der Waals surface area contributed by atoms with Gasteiger partial charge in [0.15, 0.2) is 0 Å². The van der Waals surface area contributed by atoms with Crippen molar-refractivity contribution >= 4 is 40.2 Å². The van der Waals surface area contributed by atoms with E-state index in [1.54, 1.807) is 0 Å². The van der Waals surface area contributed by atoms with E-state index in [9.17, 15) is 4.79 Å². The molecule has 1 heterocycles. The van der Waals surface area contributed by atoms with Crippen molar-refractivity contribution in [3.8, 4) is 0 Å². The van der Waals surface area contributed by atoms with Crippen molar-refractivity contribution in [2.75, 3.05) is 16.8 Å². The maximum absolute atomic E-state index is 11.9. The number of carbonyl (C=O) groups is 1. The number of benzene rings is 2. The summed E-state index contributed by atoms with van der Waals surface area (Å²) in [6.07, 6.45) is 0. The number of fused-ring (bicyclic) bond motifs is 1. The monoisotopic (exact) mass is 283 g/mol. The number of nitrogens with two attached hydrogens (primary N) is 1. The number of hydrogen-bond acceptors (Lipinski definition) is 3. The van der Waals surface area contributed by atoms with Crippen molar-refractivity contribution in [2.24, 2.45) is 5.73 Å². The van der Waals surface area contributed by atoms with Crippen molar-refractivity contribution in [1.29, 1.82) is 0 Å². The smallest absolute Gasteiger partial charge is 0.244 e. The Morgan fingerprint density at radius 3 is 2.50 bits per heavy atom. The Labute approximate surface area is 122 Å². The van der Waals surface area contributed by atoms with Crippen LogP contribution in [0, 0.1) is 0 Å². The highest BCUT2D eigenvalue weighted by Gasteiger charge is 2.24. The van der Waals surface area contributed by atoms with Crippen molar-refractivity contribution < 1.29 is 4.79 Å². The van der Waals surface area contributed by atoms with Gasteiger partial charge in [0, 0.05) is 5.56 Å². The number of amides is 1. The summed E-state index contributed by atoms with van der Waals surface area (Å²) in [5, 5.41) is 2.86. The molecular weight excluding hydrogens is 270 g/mol. The Morgan fingerprint density at radius 2 is 1.75 bits per heavy atom. The van der Waals surface area contributed by atoms with Crippen LogP contribution in [-0.4, -0.2) is 17.4 Å². The van der Waals surface area contributed by atoms with Crippen LogP contribution in [-0.2, 0) is 4.79 Å². The van der Waals surface area contributed by atoms with Gasteiger partial charge in [-0.05, 0) is 24.3 Å². The van der Waals surface area contributed by atoms with Gasteiger partial charge in [-0.2, -0.15) is 0 Å². The molecule has 4 nitrogen and oxygen atoms in total. The third kappa shape index (κ3) is 2.12. The molecule has 2 aromatic carbocycles. The molecular formula is C15H13N3OS. The molecule has 0 aliphatic carbocycles. The highest BCUT2D eigenvalue weighted by molar-refractivity contribution is 7.80. The summed E-state index contributed by atoms with van der Waals surface area (Å²) in [6, 6.07) is 15.2. The number of rotatable bonds is 2. The van der Waals surface area contributed by atoms with E-state index in [0.717, 1.165) is 22.6 Å². The van der Waals surface area contributed by atoms with Gasteiger partial charge >= 0.3 is 0 Å². The Balaban J connectivity index is 2.16. The first-order valence-corrected chi connectivity index (χ1v) is 6.63. The van der Waals surface area contributed by atoms with Gasteiger partial charge in [0.1, 0.15) is 11.5 Å². The Bertz CT molecular complexity index is 699. The molecule has 0 unspecified atom stereocenters. The summed E-state index contributed by atoms with van der Waals surface area (Å²) in [5.74, 6) is -0.0542. The second kappa shape index (κ2) is 4.94. The van der Waals surface area contributed by atoms with Crippen molar-refractivity contribution in [2.45, 2.75) is 0 Å². The molecule has 0 spiro atoms. The Kier molecular flexibility index (Phi) is 3.12. The average Bonchev–Trinajstić information content (AvgIpc) is 2.46. The summed E-state index contributed by atoms with van der Waals surface area (Å²) in [7, 11) is 0. The van der Waals surface area contributed by atoms with Gasteiger partial charge in [-0.3, -0.25) is 4.79 Å². The van der Waals surface area contributed by atoms with Crippen LogP contribution in [0.5, 0.6) is 0 Å². The van der Waals surface area contributed by atoms with Crippen LogP contribution in [0.3, 0.4) is 0 Å². The zero-order valence-electron chi connectivity index (χ0n) is 10.7. The number of nitrogens with one attached hydrogen (secondary N) is 1. The standard InChI is InChI=1S/C15H13N3OS/c16-15(20)10-5-1-3-7-12(10)18-9-14(19)17-11-6-2-4-8-13(11)18/h1-8H,9H2,(H2,16,20)(H,17,19). The van der Waals surface area contributed by atoms with E-state index in [-0.39, 0.29) is 12.5 Å². The van der Waals surface area contributed by atoms with Gasteiger partial charge < -0.3 is 16.0 Å². The van der Waals surface area contributed by atoms with Crippen LogP contribution in [0.25, 0.3) is 0 Å². The molecule has 100 valence electrons. The summed E-state index contributed by atoms with van der Waals surface area (Å²) >= 11 is 5.10. The zero-order valence-corrected chi connectivity index (χ0v) is 11.5. The maximum atomic E-state index is 11.9. The zero-order chi connectivity index (χ0) is 14.1. The third-order valence-electron chi connectivity index (χ3n) is 3.23. The fourth-order valence-electron chi connectivity index (χ4n) is 2.37. The van der Waals surface area contributed by atoms with E-state index >= 15 is 0 Å². The molecule has 3 rings (SSSR count). The second-order valence-electron chi connectivity index (χ2n) is 4.53. The lowest BCUT2D eigenvalue weighted by molar-refractivity contribution is -0.115. The van der Waals surface area contributed by atoms with E-state index in [0.29, 0.717) is 4.99 Å². The van der Waals surface area contributed by atoms with Crippen LogP contribution < -0.4 is 16.0 Å². The molecule has 5 heteroatoms. The Hall–Kier alpha value is -2.40. The molecule has 3 N–H and O–H groups in total. The number of thiocarbonyl (C=S) groups is 1. The highest BCUT2D eigenvalue weighted by Crippen LogP contribution is 2.36. The number of para-hydroxylation sites is 3. The first-order chi connectivity index (χ1) is 9.66. The van der Waals surface area contributed by atoms with E-state index < -0.39 is 0 Å². The maximum Gasteiger partial charge on any atom is 0.244 e. The minimum Gasteiger partial charge on any atom is -0.389 e. The van der Waals surface area contributed by atoms with E-state index in [2.05, 4.69) is 5.32 Å². The van der Waals surface area contributed by atoms with Gasteiger partial charge in [0.05, 0.1) is 17.1 Å². The van der Waals surface area contributed by atoms with Crippen LogP contribution in [0.2, 0.25) is 0 Å². The number of anilines is 3. The summed E-state index contributed by atoms with van der Waals surface area (Å²) in [4.78, 5) is 14.1. The normalized spacial score (nSPS) is 13.6. The predicted octanol–water partition coefficient (Wildman–Crippen LogP) is 2.41. The van der Waals surface area contributed by atoms with Crippen molar-refractivity contribution in [3.63, 3.8) is 0 Å². The number of carbonyl (C=O) groups excluding carboxylic acids is 1. The minimum absolute atomic E-state index is 0.0542. The summed E-state index contributed by atoms with van der Waals surface area (Å²) in [5.41, 5.74) is 9.13. The topological polar surface area (TPSA) is 58.4 Å². The molecule has 2 aromatic rings. The molecule has 0 fully saturated rings. The molecule has 0 atom stereocenters. The van der Waals surface area contributed by atoms with Gasteiger partial charge in [0.2, 0.25) is 5.91 Å². The predicted molar refractivity (Wildman–Crippen MR) is 84.4 cm³/mol.